The highest BCUT2D eigenvalue weighted by Gasteiger charge is 2.34. The number of carbonyl (C=O) groups is 9. The van der Waals surface area contributed by atoms with Gasteiger partial charge >= 0.3 is 0 Å². The summed E-state index contributed by atoms with van der Waals surface area (Å²) in [6, 6.07) is -0.0554. The molecule has 1 aromatic rings. The molecule has 0 unspecified atom stereocenters. The van der Waals surface area contributed by atoms with Crippen LogP contribution in [0.5, 0.6) is 0 Å². The Bertz CT molecular complexity index is 1680. The van der Waals surface area contributed by atoms with E-state index in [1.807, 2.05) is 20.8 Å². The minimum Gasteiger partial charge on any atom is -0.391 e. The lowest BCUT2D eigenvalue weighted by Crippen LogP contribution is -2.61. The zero-order chi connectivity index (χ0) is 48.4. The molecule has 360 valence electrons. The van der Waals surface area contributed by atoms with Crippen LogP contribution in [0.4, 0.5) is 0 Å². The summed E-state index contributed by atoms with van der Waals surface area (Å²) in [5, 5.41) is 33.2. The Hall–Kier alpha value is -5.71. The zero-order valence-corrected chi connectivity index (χ0v) is 37.9. The summed E-state index contributed by atoms with van der Waals surface area (Å²) in [5.41, 5.74) is 18.0. The number of benzene rings is 1. The molecule has 0 aromatic heterocycles. The summed E-state index contributed by atoms with van der Waals surface area (Å²) in [5.74, 6) is -6.38. The van der Waals surface area contributed by atoms with Gasteiger partial charge < -0.3 is 70.2 Å². The molecule has 64 heavy (non-hydrogen) atoms. The minimum atomic E-state index is -1.33. The Morgan fingerprint density at radius 1 is 0.547 bits per heavy atom. The molecule has 22 heteroatoms. The van der Waals surface area contributed by atoms with Gasteiger partial charge in [0.2, 0.25) is 53.2 Å². The van der Waals surface area contributed by atoms with Gasteiger partial charge in [-0.15, -0.1) is 0 Å². The van der Waals surface area contributed by atoms with E-state index >= 15 is 0 Å². The van der Waals surface area contributed by atoms with Crippen molar-refractivity contribution >= 4 is 53.2 Å². The van der Waals surface area contributed by atoms with Gasteiger partial charge in [0.1, 0.15) is 42.3 Å². The highest BCUT2D eigenvalue weighted by molar-refractivity contribution is 5.98. The van der Waals surface area contributed by atoms with Crippen LogP contribution in [0.3, 0.4) is 0 Å². The van der Waals surface area contributed by atoms with Crippen molar-refractivity contribution in [2.45, 2.75) is 135 Å². The maximum Gasteiger partial charge on any atom is 0.245 e. The molecule has 16 N–H and O–H groups in total. The van der Waals surface area contributed by atoms with E-state index in [1.54, 1.807) is 37.3 Å². The molecular weight excluding hydrogens is 833 g/mol. The molecule has 0 spiro atoms. The van der Waals surface area contributed by atoms with Crippen LogP contribution in [0.1, 0.15) is 85.6 Å². The summed E-state index contributed by atoms with van der Waals surface area (Å²) >= 11 is 0. The number of rotatable bonds is 30. The average molecular weight is 905 g/mol. The zero-order valence-electron chi connectivity index (χ0n) is 37.9. The van der Waals surface area contributed by atoms with Crippen LogP contribution in [-0.4, -0.2) is 139 Å². The van der Waals surface area contributed by atoms with Crippen molar-refractivity contribution in [3.8, 4) is 0 Å². The Labute approximate surface area is 375 Å². The molecular formula is C42H72N12O10. The number of likely N-dealkylation sites (N-methyl/N-ethyl adjacent to an activating group) is 1. The van der Waals surface area contributed by atoms with Crippen molar-refractivity contribution < 1.29 is 48.3 Å². The van der Waals surface area contributed by atoms with E-state index in [2.05, 4.69) is 47.9 Å². The van der Waals surface area contributed by atoms with Crippen molar-refractivity contribution in [3.05, 3.63) is 35.9 Å². The highest BCUT2D eigenvalue weighted by atomic mass is 16.3. The van der Waals surface area contributed by atoms with Crippen LogP contribution in [-0.2, 0) is 49.6 Å². The lowest BCUT2D eigenvalue weighted by molar-refractivity contribution is -0.136. The van der Waals surface area contributed by atoms with Gasteiger partial charge in [-0.25, -0.2) is 0 Å². The topological polar surface area (TPSA) is 360 Å². The summed E-state index contributed by atoms with van der Waals surface area (Å²) < 4.78 is 0. The molecule has 0 heterocycles. The van der Waals surface area contributed by atoms with Gasteiger partial charge in [0.05, 0.1) is 12.6 Å². The number of carbonyl (C=O) groups excluding carboxylic acids is 9. The third-order valence-corrected chi connectivity index (χ3v) is 9.63. The van der Waals surface area contributed by atoms with E-state index in [1.165, 1.54) is 13.8 Å². The van der Waals surface area contributed by atoms with Gasteiger partial charge in [0.25, 0.3) is 0 Å². The summed E-state index contributed by atoms with van der Waals surface area (Å²) in [4.78, 5) is 118. The monoisotopic (exact) mass is 905 g/mol. The number of aliphatic hydroxyl groups is 1. The van der Waals surface area contributed by atoms with Gasteiger partial charge in [0, 0.05) is 19.4 Å². The normalized spacial score (nSPS) is 14.7. The fourth-order valence-electron chi connectivity index (χ4n) is 6.25. The molecule has 0 aliphatic carbocycles. The molecule has 0 radical (unpaired) electrons. The maximum atomic E-state index is 14.1. The fourth-order valence-corrected chi connectivity index (χ4v) is 6.25. The lowest BCUT2D eigenvalue weighted by Gasteiger charge is -2.28. The Morgan fingerprint density at radius 2 is 1.00 bits per heavy atom. The first-order valence-corrected chi connectivity index (χ1v) is 21.8. The number of nitrogens with one attached hydrogen (secondary N) is 9. The molecule has 0 aliphatic rings. The number of hydrogen-bond acceptors (Lipinski definition) is 13. The molecule has 22 nitrogen and oxygen atoms in total. The summed E-state index contributed by atoms with van der Waals surface area (Å²) in [6.07, 6.45) is -0.574. The molecule has 1 aromatic carbocycles. The molecule has 9 amide bonds. The third kappa shape index (κ3) is 21.1. The predicted molar refractivity (Wildman–Crippen MR) is 238 cm³/mol. The van der Waals surface area contributed by atoms with Crippen LogP contribution in [0.2, 0.25) is 0 Å². The Morgan fingerprint density at radius 3 is 1.47 bits per heavy atom. The third-order valence-electron chi connectivity index (χ3n) is 9.63. The molecule has 0 saturated heterocycles. The molecule has 0 fully saturated rings. The van der Waals surface area contributed by atoms with Crippen LogP contribution in [0, 0.1) is 5.92 Å². The number of nitrogens with two attached hydrogens (primary N) is 3. The number of hydrogen-bond donors (Lipinski definition) is 13. The first kappa shape index (κ1) is 56.3. The minimum absolute atomic E-state index is 0.0350. The first-order valence-electron chi connectivity index (χ1n) is 21.8. The highest BCUT2D eigenvalue weighted by Crippen LogP contribution is 2.10. The Kier molecular flexibility index (Phi) is 26.7. The SMILES string of the molecule is CCCC(=O)NCC(=O)N[C@@H](C)C(=O)N[C@@H](CCN)C(=O)N[C@H](Cc1ccccc1)C(=O)N[C@@H](CC(C)C)C(=O)N[C@@H](CCN)C(=O)N[C@@H](CCN)C(=O)N[C@H](C(=O)NCC)[C@@H](C)O. The van der Waals surface area contributed by atoms with Gasteiger partial charge in [0.15, 0.2) is 0 Å². The smallest absolute Gasteiger partial charge is 0.245 e. The van der Waals surface area contributed by atoms with Crippen LogP contribution < -0.4 is 65.1 Å². The van der Waals surface area contributed by atoms with Gasteiger partial charge in [-0.2, -0.15) is 0 Å². The summed E-state index contributed by atoms with van der Waals surface area (Å²) in [7, 11) is 0. The fraction of sp³-hybridized carbons (Fsp3) is 0.643. The van der Waals surface area contributed by atoms with Crippen molar-refractivity contribution in [1.82, 2.24) is 47.9 Å². The van der Waals surface area contributed by atoms with Crippen LogP contribution in [0.25, 0.3) is 0 Å². The molecule has 0 bridgehead atoms. The van der Waals surface area contributed by atoms with Gasteiger partial charge in [-0.1, -0.05) is 51.1 Å². The van der Waals surface area contributed by atoms with Crippen molar-refractivity contribution in [2.75, 3.05) is 32.7 Å². The van der Waals surface area contributed by atoms with Crippen molar-refractivity contribution in [1.29, 1.82) is 0 Å². The van der Waals surface area contributed by atoms with Gasteiger partial charge in [-0.3, -0.25) is 43.2 Å². The van der Waals surface area contributed by atoms with E-state index in [4.69, 9.17) is 17.2 Å². The summed E-state index contributed by atoms with van der Waals surface area (Å²) in [6.45, 7) is 9.54. The second kappa shape index (κ2) is 30.4. The first-order chi connectivity index (χ1) is 30.3. The maximum absolute atomic E-state index is 14.1. The molecule has 1 rings (SSSR count). The van der Waals surface area contributed by atoms with Gasteiger partial charge in [-0.05, 0) is 84.0 Å². The number of aliphatic hydroxyl groups excluding tert-OH is 1. The van der Waals surface area contributed by atoms with E-state index < -0.39 is 95.7 Å². The van der Waals surface area contributed by atoms with E-state index in [-0.39, 0.29) is 83.1 Å². The average Bonchev–Trinajstić information content (AvgIpc) is 3.23. The molecule has 8 atom stereocenters. The number of amides is 9. The molecule has 0 aliphatic heterocycles. The second-order valence-corrected chi connectivity index (χ2v) is 15.8. The quantitative estimate of drug-likeness (QED) is 0.0353. The lowest BCUT2D eigenvalue weighted by atomic mass is 10.00. The second-order valence-electron chi connectivity index (χ2n) is 15.8. The predicted octanol–water partition coefficient (Wildman–Crippen LogP) is -3.83. The van der Waals surface area contributed by atoms with E-state index in [0.717, 1.165) is 0 Å². The van der Waals surface area contributed by atoms with Crippen LogP contribution in [0.15, 0.2) is 30.3 Å². The van der Waals surface area contributed by atoms with Crippen molar-refractivity contribution in [3.63, 3.8) is 0 Å². The van der Waals surface area contributed by atoms with Crippen molar-refractivity contribution in [2.24, 2.45) is 23.1 Å². The largest absolute Gasteiger partial charge is 0.391 e. The standard InChI is InChI=1S/C42H72N12O10/c1-7-12-33(56)47-23-34(57)48-25(5)36(58)49-28(15-18-43)38(60)53-32(22-27-13-10-9-11-14-27)41(63)52-31(21-24(3)4)40(62)51-29(16-19-44)37(59)50-30(17-20-45)39(61)54-35(26(6)55)42(64)46-8-2/h9-11,13-14,24-26,28-32,35,55H,7-8,12,15-23,43-45H2,1-6H3,(H,46,64)(H,47,56)(H,48,57)(H,49,58)(H,50,59)(H,51,62)(H,52,63)(H,53,60)(H,54,61)/t25-,26+,28-,29-,30-,31-,32+,35-/m0/s1. The Balaban J connectivity index is 3.30. The van der Waals surface area contributed by atoms with Crippen LogP contribution >= 0.6 is 0 Å². The molecule has 0 saturated carbocycles. The van der Waals surface area contributed by atoms with E-state index in [9.17, 15) is 48.3 Å². The van der Waals surface area contributed by atoms with E-state index in [0.29, 0.717) is 12.0 Å².